The minimum Gasteiger partial charge on any atom is -0.100 e. The first kappa shape index (κ1) is 16.8. The summed E-state index contributed by atoms with van der Waals surface area (Å²) in [6, 6.07) is 33.4. The van der Waals surface area contributed by atoms with E-state index in [-0.39, 0.29) is 5.41 Å². The second-order valence-corrected chi connectivity index (χ2v) is 10.6. The first-order valence-corrected chi connectivity index (χ1v) is 11.6. The smallest absolute Gasteiger partial charge is 0.00984 e. The molecule has 0 aromatic heterocycles. The maximum absolute atomic E-state index is 4.66. The minimum absolute atomic E-state index is 0.154. The van der Waals surface area contributed by atoms with E-state index in [0.717, 1.165) is 0 Å². The maximum atomic E-state index is 4.66. The fourth-order valence-corrected chi connectivity index (χ4v) is 10.1. The van der Waals surface area contributed by atoms with Crippen molar-refractivity contribution in [3.8, 4) is 0 Å². The zero-order valence-corrected chi connectivity index (χ0v) is 16.7. The largest absolute Gasteiger partial charge is 0.100 e. The summed E-state index contributed by atoms with van der Waals surface area (Å²) in [6.07, 6.45) is 1.29. The van der Waals surface area contributed by atoms with Gasteiger partial charge in [0.05, 0.1) is 0 Å². The molecule has 3 aromatic carbocycles. The van der Waals surface area contributed by atoms with Gasteiger partial charge >= 0.3 is 0 Å². The van der Waals surface area contributed by atoms with Crippen molar-refractivity contribution in [1.82, 2.24) is 0 Å². The molecule has 0 radical (unpaired) electrons. The standard InChI is InChI=1S/C26H25P/c1-19-24(21-14-8-4-9-15-21)27-18-26(19,2)23(20-12-6-3-7-13-20)25(27)22-16-10-5-11-17-22/h3-17,23,25,27H,1,18H2,2H3. The van der Waals surface area contributed by atoms with E-state index in [1.165, 1.54) is 28.4 Å². The lowest BCUT2D eigenvalue weighted by Gasteiger charge is -2.39. The average molecular weight is 368 g/mol. The fourth-order valence-electron chi connectivity index (χ4n) is 5.44. The highest BCUT2D eigenvalue weighted by Gasteiger charge is 2.56. The van der Waals surface area contributed by atoms with Gasteiger partial charge in [-0.25, -0.2) is 0 Å². The number of benzene rings is 3. The lowest BCUT2D eigenvalue weighted by atomic mass is 9.67. The van der Waals surface area contributed by atoms with Crippen LogP contribution in [0.5, 0.6) is 0 Å². The first-order valence-electron chi connectivity index (χ1n) is 9.78. The summed E-state index contributed by atoms with van der Waals surface area (Å²) in [7, 11) is -0.743. The van der Waals surface area contributed by atoms with Crippen molar-refractivity contribution in [2.45, 2.75) is 18.5 Å². The Hall–Kier alpha value is -2.30. The molecule has 0 N–H and O–H groups in total. The lowest BCUT2D eigenvalue weighted by molar-refractivity contribution is 0.385. The van der Waals surface area contributed by atoms with E-state index in [1.807, 2.05) is 0 Å². The van der Waals surface area contributed by atoms with Crippen molar-refractivity contribution in [3.05, 3.63) is 120 Å². The van der Waals surface area contributed by atoms with E-state index in [4.69, 9.17) is 0 Å². The highest BCUT2D eigenvalue weighted by atomic mass is 31.1. The Balaban J connectivity index is 1.75. The van der Waals surface area contributed by atoms with Crippen LogP contribution in [0.4, 0.5) is 0 Å². The number of rotatable bonds is 3. The molecular formula is C26H25P. The summed E-state index contributed by atoms with van der Waals surface area (Å²) in [5.74, 6) is 0.523. The van der Waals surface area contributed by atoms with Gasteiger partial charge in [-0.1, -0.05) is 104 Å². The van der Waals surface area contributed by atoms with Gasteiger partial charge in [0.15, 0.2) is 0 Å². The molecule has 4 atom stereocenters. The predicted octanol–water partition coefficient (Wildman–Crippen LogP) is 6.54. The maximum Gasteiger partial charge on any atom is 0.00984 e. The van der Waals surface area contributed by atoms with Gasteiger partial charge in [-0.05, 0) is 33.7 Å². The Bertz CT molecular complexity index is 1020. The molecule has 1 saturated heterocycles. The van der Waals surface area contributed by atoms with Crippen molar-refractivity contribution in [1.29, 1.82) is 0 Å². The fraction of sp³-hybridized carbons (Fsp3) is 0.192. The normalized spacial score (nSPS) is 29.3. The van der Waals surface area contributed by atoms with E-state index in [0.29, 0.717) is 11.6 Å². The average Bonchev–Trinajstić information content (AvgIpc) is 3.17. The van der Waals surface area contributed by atoms with Crippen LogP contribution in [0, 0.1) is 5.41 Å². The molecule has 134 valence electrons. The third-order valence-corrected chi connectivity index (χ3v) is 10.4. The van der Waals surface area contributed by atoms with Crippen LogP contribution in [0.1, 0.15) is 35.2 Å². The van der Waals surface area contributed by atoms with Gasteiger partial charge in [0, 0.05) is 17.0 Å². The van der Waals surface area contributed by atoms with Crippen molar-refractivity contribution in [2.75, 3.05) is 6.16 Å². The summed E-state index contributed by atoms with van der Waals surface area (Å²) in [4.78, 5) is 0. The molecule has 5 rings (SSSR count). The molecule has 0 spiro atoms. The van der Waals surface area contributed by atoms with Crippen LogP contribution in [0.25, 0.3) is 0 Å². The van der Waals surface area contributed by atoms with Crippen LogP contribution < -0.4 is 0 Å². The van der Waals surface area contributed by atoms with E-state index < -0.39 is 7.55 Å². The van der Waals surface area contributed by atoms with Gasteiger partial charge in [0.25, 0.3) is 0 Å². The van der Waals surface area contributed by atoms with Crippen LogP contribution in [0.15, 0.2) is 103 Å². The Labute approximate surface area is 163 Å². The third-order valence-electron chi connectivity index (χ3n) is 6.64. The topological polar surface area (TPSA) is 0 Å². The lowest BCUT2D eigenvalue weighted by Crippen LogP contribution is -2.30. The molecule has 0 amide bonds. The van der Waals surface area contributed by atoms with E-state index in [1.54, 1.807) is 5.29 Å². The van der Waals surface area contributed by atoms with Crippen LogP contribution in [-0.2, 0) is 0 Å². The number of hydrogen-bond donors (Lipinski definition) is 0. The monoisotopic (exact) mass is 368 g/mol. The molecule has 2 heterocycles. The number of hydrogen-bond acceptors (Lipinski definition) is 0. The molecule has 2 aliphatic heterocycles. The molecule has 4 unspecified atom stereocenters. The molecule has 0 nitrogen and oxygen atoms in total. The second kappa shape index (κ2) is 6.39. The number of fused-ring (bicyclic) bond motifs is 2. The molecule has 2 aliphatic rings. The molecule has 2 bridgehead atoms. The van der Waals surface area contributed by atoms with Crippen LogP contribution in [0.2, 0.25) is 0 Å². The zero-order chi connectivity index (χ0) is 18.4. The van der Waals surface area contributed by atoms with E-state index >= 15 is 0 Å². The van der Waals surface area contributed by atoms with Crippen LogP contribution >= 0.6 is 7.55 Å². The quantitative estimate of drug-likeness (QED) is 0.461. The van der Waals surface area contributed by atoms with E-state index in [2.05, 4.69) is 104 Å². The third kappa shape index (κ3) is 2.51. The number of allylic oxidation sites excluding steroid dienone is 1. The predicted molar refractivity (Wildman–Crippen MR) is 119 cm³/mol. The van der Waals surface area contributed by atoms with Crippen molar-refractivity contribution < 1.29 is 0 Å². The Morgan fingerprint density at radius 1 is 0.778 bits per heavy atom. The summed E-state index contributed by atoms with van der Waals surface area (Å²) in [5.41, 5.74) is 6.52. The Morgan fingerprint density at radius 2 is 1.30 bits per heavy atom. The zero-order valence-electron chi connectivity index (χ0n) is 15.7. The van der Waals surface area contributed by atoms with Gasteiger partial charge in [-0.15, -0.1) is 7.55 Å². The van der Waals surface area contributed by atoms with Crippen molar-refractivity contribution in [3.63, 3.8) is 0 Å². The van der Waals surface area contributed by atoms with Gasteiger partial charge in [-0.2, -0.15) is 0 Å². The molecule has 1 heteroatoms. The highest BCUT2D eigenvalue weighted by Crippen LogP contribution is 2.74. The summed E-state index contributed by atoms with van der Waals surface area (Å²) in [5, 5.41) is 1.59. The highest BCUT2D eigenvalue weighted by molar-refractivity contribution is 7.61. The SMILES string of the molecule is C=C1C(c2ccccc2)=[PH]2CC1(C)C(c1ccccc1)C2c1ccccc1. The van der Waals surface area contributed by atoms with Gasteiger partial charge in [-0.3, -0.25) is 0 Å². The molecule has 27 heavy (non-hydrogen) atoms. The Morgan fingerprint density at radius 3 is 1.89 bits per heavy atom. The molecule has 1 fully saturated rings. The van der Waals surface area contributed by atoms with Crippen molar-refractivity contribution in [2.24, 2.45) is 5.41 Å². The van der Waals surface area contributed by atoms with Crippen LogP contribution in [0.3, 0.4) is 0 Å². The molecule has 3 aromatic rings. The summed E-state index contributed by atoms with van der Waals surface area (Å²) < 4.78 is 0. The van der Waals surface area contributed by atoms with E-state index in [9.17, 15) is 0 Å². The molecule has 0 saturated carbocycles. The summed E-state index contributed by atoms with van der Waals surface area (Å²) in [6.45, 7) is 7.13. The molecule has 0 aliphatic carbocycles. The van der Waals surface area contributed by atoms with Crippen molar-refractivity contribution >= 4 is 12.8 Å². The Kier molecular flexibility index (Phi) is 3.99. The van der Waals surface area contributed by atoms with Gasteiger partial charge in [0.2, 0.25) is 0 Å². The second-order valence-electron chi connectivity index (χ2n) is 8.12. The van der Waals surface area contributed by atoms with Gasteiger partial charge < -0.3 is 0 Å². The first-order chi connectivity index (χ1) is 13.2. The summed E-state index contributed by atoms with van der Waals surface area (Å²) >= 11 is 0. The molecular weight excluding hydrogens is 343 g/mol. The van der Waals surface area contributed by atoms with Gasteiger partial charge in [0.1, 0.15) is 0 Å². The van der Waals surface area contributed by atoms with Crippen LogP contribution in [-0.4, -0.2) is 11.5 Å². The minimum atomic E-state index is -0.743.